The maximum Gasteiger partial charge on any atom is 0.171 e. The molecule has 0 radical (unpaired) electrons. The van der Waals surface area contributed by atoms with Gasteiger partial charge in [-0.25, -0.2) is 0 Å². The Bertz CT molecular complexity index is 995. The predicted octanol–water partition coefficient (Wildman–Crippen LogP) is 3.59. The van der Waals surface area contributed by atoms with Crippen molar-refractivity contribution in [3.63, 3.8) is 0 Å². The highest BCUT2D eigenvalue weighted by atomic mass is 32.1. The molecule has 0 saturated carbocycles. The Kier molecular flexibility index (Phi) is 5.19. The van der Waals surface area contributed by atoms with E-state index in [9.17, 15) is 4.79 Å². The van der Waals surface area contributed by atoms with Crippen LogP contribution in [0.3, 0.4) is 0 Å². The van der Waals surface area contributed by atoms with Gasteiger partial charge in [-0.1, -0.05) is 6.07 Å². The van der Waals surface area contributed by atoms with Gasteiger partial charge < -0.3 is 21.1 Å². The number of piperidine rings is 1. The number of nitrogens with two attached hydrogens (primary N) is 2. The summed E-state index contributed by atoms with van der Waals surface area (Å²) < 4.78 is 7.10. The van der Waals surface area contributed by atoms with Crippen LogP contribution in [0.5, 0.6) is 5.75 Å². The quantitative estimate of drug-likeness (QED) is 0.640. The van der Waals surface area contributed by atoms with Gasteiger partial charge in [-0.05, 0) is 31.0 Å². The van der Waals surface area contributed by atoms with Gasteiger partial charge in [0.05, 0.1) is 21.6 Å². The number of fused-ring (bicyclic) bond motifs is 1. The van der Waals surface area contributed by atoms with Crippen LogP contribution in [0, 0.1) is 0 Å². The van der Waals surface area contributed by atoms with Gasteiger partial charge in [0.2, 0.25) is 0 Å². The Hall–Kier alpha value is -2.64. The number of hydrogen-bond donors (Lipinski definition) is 2. The van der Waals surface area contributed by atoms with Crippen molar-refractivity contribution >= 4 is 38.6 Å². The van der Waals surface area contributed by atoms with Crippen LogP contribution in [-0.2, 0) is 6.61 Å². The molecule has 3 heterocycles. The number of carbonyl (C=O) groups is 1. The monoisotopic (exact) mass is 396 g/mol. The third-order valence-corrected chi connectivity index (χ3v) is 6.36. The zero-order valence-electron chi connectivity index (χ0n) is 15.9. The Morgan fingerprint density at radius 2 is 2.11 bits per heavy atom. The first kappa shape index (κ1) is 18.7. The van der Waals surface area contributed by atoms with E-state index < -0.39 is 0 Å². The van der Waals surface area contributed by atoms with Crippen LogP contribution in [0.2, 0.25) is 0 Å². The van der Waals surface area contributed by atoms with Crippen molar-refractivity contribution in [1.29, 1.82) is 0 Å². The molecule has 6 nitrogen and oxygen atoms in total. The van der Waals surface area contributed by atoms with E-state index >= 15 is 0 Å². The molecule has 3 aromatic rings. The molecule has 7 heteroatoms. The minimum absolute atomic E-state index is 0.0279. The number of aromatic nitrogens is 1. The number of nitrogens with zero attached hydrogens (tertiary/aromatic N) is 2. The molecule has 4 N–H and O–H groups in total. The fourth-order valence-corrected chi connectivity index (χ4v) is 4.62. The van der Waals surface area contributed by atoms with E-state index in [1.807, 2.05) is 24.3 Å². The first-order valence-electron chi connectivity index (χ1n) is 9.43. The molecule has 1 aliphatic heterocycles. The van der Waals surface area contributed by atoms with Gasteiger partial charge in [0.25, 0.3) is 0 Å². The van der Waals surface area contributed by atoms with Crippen LogP contribution >= 0.6 is 11.3 Å². The highest BCUT2D eigenvalue weighted by Gasteiger charge is 2.22. The van der Waals surface area contributed by atoms with Gasteiger partial charge in [0.1, 0.15) is 12.4 Å². The lowest BCUT2D eigenvalue weighted by Crippen LogP contribution is -2.39. The molecular weight excluding hydrogens is 372 g/mol. The van der Waals surface area contributed by atoms with E-state index in [1.165, 1.54) is 11.3 Å². The Balaban J connectivity index is 1.74. The predicted molar refractivity (Wildman–Crippen MR) is 114 cm³/mol. The first-order chi connectivity index (χ1) is 13.5. The van der Waals surface area contributed by atoms with Crippen LogP contribution in [0.4, 0.5) is 11.4 Å². The Labute approximate surface area is 168 Å². The highest BCUT2D eigenvalue weighted by molar-refractivity contribution is 7.21. The summed E-state index contributed by atoms with van der Waals surface area (Å²) in [6.07, 6.45) is 3.68. The van der Waals surface area contributed by atoms with Gasteiger partial charge in [0.15, 0.2) is 5.78 Å². The maximum atomic E-state index is 12.0. The Morgan fingerprint density at radius 3 is 2.79 bits per heavy atom. The number of pyridine rings is 1. The molecule has 1 fully saturated rings. The number of anilines is 2. The molecular formula is C21H24N4O2S. The van der Waals surface area contributed by atoms with Crippen molar-refractivity contribution in [1.82, 2.24) is 4.98 Å². The maximum absolute atomic E-state index is 12.0. The molecule has 1 aliphatic rings. The lowest BCUT2D eigenvalue weighted by Gasteiger charge is -2.32. The van der Waals surface area contributed by atoms with Crippen LogP contribution in [0.1, 0.15) is 35.1 Å². The molecule has 2 aromatic heterocycles. The number of hydrogen-bond acceptors (Lipinski definition) is 7. The fourth-order valence-electron chi connectivity index (χ4n) is 3.55. The molecule has 0 unspecified atom stereocenters. The minimum atomic E-state index is -0.0279. The van der Waals surface area contributed by atoms with Crippen LogP contribution in [0.25, 0.3) is 10.1 Å². The normalized spacial score (nSPS) is 15.1. The molecule has 28 heavy (non-hydrogen) atoms. The second-order valence-electron chi connectivity index (χ2n) is 7.15. The van der Waals surface area contributed by atoms with Gasteiger partial charge in [0, 0.05) is 48.7 Å². The minimum Gasteiger partial charge on any atom is -0.486 e. The number of ether oxygens (including phenoxy) is 1. The van der Waals surface area contributed by atoms with Gasteiger partial charge in [-0.15, -0.1) is 11.3 Å². The number of Topliss-reactive ketones (excluding diaryl/α,β-unsaturated/α-hetero) is 1. The number of benzene rings is 1. The lowest BCUT2D eigenvalue weighted by molar-refractivity contribution is 0.102. The zero-order valence-corrected chi connectivity index (χ0v) is 16.7. The number of rotatable bonds is 5. The first-order valence-corrected chi connectivity index (χ1v) is 10.2. The summed E-state index contributed by atoms with van der Waals surface area (Å²) in [7, 11) is 0. The summed E-state index contributed by atoms with van der Waals surface area (Å²) in [6.45, 7) is 3.71. The fraction of sp³-hybridized carbons (Fsp3) is 0.333. The summed E-state index contributed by atoms with van der Waals surface area (Å²) in [5.74, 6) is 0.661. The van der Waals surface area contributed by atoms with E-state index in [0.717, 1.165) is 47.4 Å². The average Bonchev–Trinajstić information content (AvgIpc) is 3.04. The smallest absolute Gasteiger partial charge is 0.171 e. The van der Waals surface area contributed by atoms with Crippen LogP contribution in [-0.4, -0.2) is 29.9 Å². The van der Waals surface area contributed by atoms with Crippen molar-refractivity contribution < 1.29 is 9.53 Å². The summed E-state index contributed by atoms with van der Waals surface area (Å²) in [4.78, 5) is 19.2. The molecule has 1 aromatic carbocycles. The number of carbonyl (C=O) groups excluding carboxylic acids is 1. The molecule has 0 amide bonds. The molecule has 146 valence electrons. The third-order valence-electron chi connectivity index (χ3n) is 5.10. The number of nitrogen functional groups attached to an aromatic ring is 1. The topological polar surface area (TPSA) is 94.5 Å². The average molecular weight is 397 g/mol. The van der Waals surface area contributed by atoms with Gasteiger partial charge in [-0.3, -0.25) is 9.78 Å². The van der Waals surface area contributed by atoms with E-state index in [4.69, 9.17) is 16.2 Å². The second kappa shape index (κ2) is 7.77. The molecule has 4 rings (SSSR count). The van der Waals surface area contributed by atoms with Crippen molar-refractivity contribution in [3.8, 4) is 5.75 Å². The van der Waals surface area contributed by atoms with Crippen molar-refractivity contribution in [2.45, 2.75) is 32.4 Å². The van der Waals surface area contributed by atoms with Crippen LogP contribution in [0.15, 0.2) is 36.5 Å². The summed E-state index contributed by atoms with van der Waals surface area (Å²) in [5.41, 5.74) is 14.8. The van der Waals surface area contributed by atoms with Gasteiger partial charge >= 0.3 is 0 Å². The van der Waals surface area contributed by atoms with E-state index in [2.05, 4.69) is 16.0 Å². The highest BCUT2D eigenvalue weighted by Crippen LogP contribution is 2.43. The summed E-state index contributed by atoms with van der Waals surface area (Å²) in [5, 5.41) is 0.809. The molecule has 0 aliphatic carbocycles. The van der Waals surface area contributed by atoms with E-state index in [0.29, 0.717) is 22.9 Å². The van der Waals surface area contributed by atoms with Crippen LogP contribution < -0.4 is 21.1 Å². The summed E-state index contributed by atoms with van der Waals surface area (Å²) >= 11 is 1.43. The van der Waals surface area contributed by atoms with Crippen molar-refractivity contribution in [3.05, 3.63) is 47.1 Å². The second-order valence-corrected chi connectivity index (χ2v) is 8.20. The zero-order chi connectivity index (χ0) is 19.7. The van der Waals surface area contributed by atoms with E-state index in [-0.39, 0.29) is 11.8 Å². The molecule has 0 atom stereocenters. The standard InChI is InChI=1S/C21H24N4O2S/c1-13(26)21-20(23)19-17(27-12-15-4-2-3-7-24-15)10-16(11-18(19)28-21)25-8-5-14(22)6-9-25/h2-4,7,10-11,14H,5-6,8-9,12,22-23H2,1H3. The lowest BCUT2D eigenvalue weighted by atomic mass is 10.0. The largest absolute Gasteiger partial charge is 0.486 e. The summed E-state index contributed by atoms with van der Waals surface area (Å²) in [6, 6.07) is 10.1. The Morgan fingerprint density at radius 1 is 1.32 bits per heavy atom. The van der Waals surface area contributed by atoms with Crippen molar-refractivity contribution in [2.24, 2.45) is 5.73 Å². The molecule has 0 bridgehead atoms. The van der Waals surface area contributed by atoms with Gasteiger partial charge in [-0.2, -0.15) is 0 Å². The van der Waals surface area contributed by atoms with E-state index in [1.54, 1.807) is 13.1 Å². The number of thiophene rings is 1. The molecule has 1 saturated heterocycles. The third kappa shape index (κ3) is 3.68. The molecule has 0 spiro atoms. The van der Waals surface area contributed by atoms with Crippen molar-refractivity contribution in [2.75, 3.05) is 23.7 Å². The number of ketones is 1. The SMILES string of the molecule is CC(=O)c1sc2cc(N3CCC(N)CC3)cc(OCc3ccccn3)c2c1N.